The lowest BCUT2D eigenvalue weighted by atomic mass is 10.1. The van der Waals surface area contributed by atoms with Gasteiger partial charge in [-0.3, -0.25) is 0 Å². The minimum Gasteiger partial charge on any atom is -0.423 e. The number of benzene rings is 12. The monoisotopic (exact) mass is 1370 g/mol. The normalized spacial score (nSPS) is 10.2. The van der Waals surface area contributed by atoms with Crippen molar-refractivity contribution in [2.24, 2.45) is 0 Å². The Kier molecular flexibility index (Phi) is 26.4. The Bertz CT molecular complexity index is 4760. The average Bonchev–Trinajstić information content (AvgIpc) is 0.828. The molecule has 12 aromatic carbocycles. The summed E-state index contributed by atoms with van der Waals surface area (Å²) in [5.41, 5.74) is 20.3. The van der Waals surface area contributed by atoms with Gasteiger partial charge in [-0.25, -0.2) is 19.2 Å². The number of nitrogens with zero attached hydrogens (tertiary/aromatic N) is 4. The highest BCUT2D eigenvalue weighted by Gasteiger charge is 2.18. The molecule has 0 saturated carbocycles. The third kappa shape index (κ3) is 21.4. The Labute approximate surface area is 611 Å². The zero-order chi connectivity index (χ0) is 74.1. The molecule has 0 amide bonds. The number of esters is 4. The van der Waals surface area contributed by atoms with E-state index in [1.165, 1.54) is 33.4 Å². The number of hydrogen-bond acceptors (Lipinski definition) is 12. The lowest BCUT2D eigenvalue weighted by Crippen LogP contribution is -2.11. The molecule has 0 bridgehead atoms. The summed E-state index contributed by atoms with van der Waals surface area (Å²) in [4.78, 5) is 54.8. The molecule has 12 rings (SSSR count). The van der Waals surface area contributed by atoms with Crippen LogP contribution in [-0.4, -0.2) is 23.9 Å². The number of rotatable bonds is 20. The molecule has 0 aliphatic carbocycles. The van der Waals surface area contributed by atoms with Gasteiger partial charge in [0.15, 0.2) is 0 Å². The molecule has 12 nitrogen and oxygen atoms in total. The second-order valence-corrected chi connectivity index (χ2v) is 24.6. The predicted molar refractivity (Wildman–Crippen MR) is 425 cm³/mol. The van der Waals surface area contributed by atoms with Crippen LogP contribution >= 0.6 is 0 Å². The van der Waals surface area contributed by atoms with Crippen LogP contribution in [-0.2, 0) is 19.2 Å². The molecule has 0 aliphatic rings. The molecule has 12 heteroatoms. The zero-order valence-electron chi connectivity index (χ0n) is 59.9. The van der Waals surface area contributed by atoms with E-state index in [0.717, 1.165) is 80.4 Å². The largest absolute Gasteiger partial charge is 0.423 e. The standard InChI is InChI=1S/C24H23NO2.2C23H21NO2.C22H19NO2/c1-17(2)24(26)27-23-15-13-22(14-16-23)25(20-9-5-18(3)6-10-20)21-11-7-19(4)8-12-21;1-17(2)23(25)26-22-15-13-21(14-16-22)24(19-7-5-4-6-8-19)20-11-9-18(3)10-12-20;1-4-23(25)26-22-15-13-21(14-16-22)24(19-9-5-17(2)6-10-19)20-11-7-18(3)8-12-20;1-3-22(24)25-21-11-7-10-20(16-21)23(18-8-5-4-6-9-18)19-14-12-17(2)13-15-19/h5-16H,1H2,2-4H3;2*4-16H,1H2,2-3H3;3-16H,1H2,2H3. The van der Waals surface area contributed by atoms with Crippen LogP contribution in [0.4, 0.5) is 68.2 Å². The third-order valence-electron chi connectivity index (χ3n) is 16.0. The molecule has 0 N–H and O–H groups in total. The van der Waals surface area contributed by atoms with E-state index in [-0.39, 0.29) is 0 Å². The van der Waals surface area contributed by atoms with Gasteiger partial charge in [0.25, 0.3) is 0 Å². The Morgan fingerprint density at radius 3 is 0.692 bits per heavy atom. The lowest BCUT2D eigenvalue weighted by molar-refractivity contribution is -0.130. The molecule has 0 saturated heterocycles. The number of carbonyl (C=O) groups is 4. The van der Waals surface area contributed by atoms with Crippen LogP contribution in [0.3, 0.4) is 0 Å². The minimum absolute atomic E-state index is 0.375. The van der Waals surface area contributed by atoms with Gasteiger partial charge < -0.3 is 38.5 Å². The van der Waals surface area contributed by atoms with Crippen molar-refractivity contribution in [1.82, 2.24) is 0 Å². The zero-order valence-corrected chi connectivity index (χ0v) is 59.9. The van der Waals surface area contributed by atoms with Gasteiger partial charge in [0.2, 0.25) is 0 Å². The molecule has 0 atom stereocenters. The van der Waals surface area contributed by atoms with Crippen LogP contribution in [0, 0.1) is 41.5 Å². The van der Waals surface area contributed by atoms with E-state index < -0.39 is 23.9 Å². The maximum Gasteiger partial charge on any atom is 0.338 e. The molecule has 0 spiro atoms. The number of aryl methyl sites for hydroxylation is 6. The van der Waals surface area contributed by atoms with Gasteiger partial charge in [-0.1, -0.05) is 175 Å². The van der Waals surface area contributed by atoms with E-state index in [1.807, 2.05) is 103 Å². The number of carbonyl (C=O) groups excluding carboxylic acids is 4. The summed E-state index contributed by atoms with van der Waals surface area (Å²) in [5, 5.41) is 0. The van der Waals surface area contributed by atoms with Crippen LogP contribution in [0.25, 0.3) is 0 Å². The quantitative estimate of drug-likeness (QED) is 0.0411. The molecule has 104 heavy (non-hydrogen) atoms. The topological polar surface area (TPSA) is 118 Å². The maximum absolute atomic E-state index is 11.7. The molecule has 0 aliphatic heterocycles. The fourth-order valence-electron chi connectivity index (χ4n) is 10.5. The maximum atomic E-state index is 11.7. The Balaban J connectivity index is 0.000000161. The van der Waals surface area contributed by atoms with Gasteiger partial charge >= 0.3 is 23.9 Å². The van der Waals surface area contributed by atoms with Gasteiger partial charge in [-0.15, -0.1) is 0 Å². The minimum atomic E-state index is -0.473. The fraction of sp³-hybridized carbons (Fsp3) is 0.0870. The summed E-state index contributed by atoms with van der Waals surface area (Å²) in [6.07, 6.45) is 2.31. The first-order valence-electron chi connectivity index (χ1n) is 33.8. The summed E-state index contributed by atoms with van der Waals surface area (Å²) in [6.45, 7) is 29.7. The van der Waals surface area contributed by atoms with Gasteiger partial charge in [-0.05, 0) is 237 Å². The predicted octanol–water partition coefficient (Wildman–Crippen LogP) is 23.6. The van der Waals surface area contributed by atoms with Crippen molar-refractivity contribution in [3.8, 4) is 23.0 Å². The van der Waals surface area contributed by atoms with Crippen LogP contribution < -0.4 is 38.5 Å². The Morgan fingerprint density at radius 1 is 0.250 bits per heavy atom. The van der Waals surface area contributed by atoms with Crippen molar-refractivity contribution in [1.29, 1.82) is 0 Å². The molecular weight excluding hydrogens is 1290 g/mol. The number of ether oxygens (including phenoxy) is 4. The summed E-state index contributed by atoms with van der Waals surface area (Å²) in [7, 11) is 0. The number of para-hydroxylation sites is 2. The smallest absolute Gasteiger partial charge is 0.338 e. The number of hydrogen-bond donors (Lipinski definition) is 0. The van der Waals surface area contributed by atoms with Crippen molar-refractivity contribution in [2.45, 2.75) is 55.4 Å². The highest BCUT2D eigenvalue weighted by Crippen LogP contribution is 2.40. The lowest BCUT2D eigenvalue weighted by Gasteiger charge is -2.26. The van der Waals surface area contributed by atoms with E-state index in [0.29, 0.717) is 34.1 Å². The van der Waals surface area contributed by atoms with Crippen molar-refractivity contribution in [3.63, 3.8) is 0 Å². The van der Waals surface area contributed by atoms with E-state index in [9.17, 15) is 19.2 Å². The SMILES string of the molecule is C=C(C)C(=O)Oc1ccc(N(c2ccc(C)cc2)c2ccc(C)cc2)cc1.C=C(C)C(=O)Oc1ccc(N(c2ccccc2)c2ccc(C)cc2)cc1.C=CC(=O)Oc1ccc(N(c2ccc(C)cc2)c2ccc(C)cc2)cc1.C=CC(=O)Oc1cccc(N(c2ccccc2)c2ccc(C)cc2)c1. The highest BCUT2D eigenvalue weighted by molar-refractivity contribution is 5.90. The van der Waals surface area contributed by atoms with Crippen LogP contribution in [0.5, 0.6) is 23.0 Å². The van der Waals surface area contributed by atoms with Crippen molar-refractivity contribution in [3.05, 3.63) is 386 Å². The molecule has 0 fully saturated rings. The third-order valence-corrected chi connectivity index (χ3v) is 16.0. The van der Waals surface area contributed by atoms with E-state index in [4.69, 9.17) is 18.9 Å². The van der Waals surface area contributed by atoms with Crippen LogP contribution in [0.1, 0.15) is 47.2 Å². The highest BCUT2D eigenvalue weighted by atomic mass is 16.5. The molecular formula is C92H84N4O8. The first-order valence-corrected chi connectivity index (χ1v) is 33.8. The average molecular weight is 1370 g/mol. The van der Waals surface area contributed by atoms with E-state index in [1.54, 1.807) is 56.3 Å². The van der Waals surface area contributed by atoms with Crippen molar-refractivity contribution in [2.75, 3.05) is 19.6 Å². The number of anilines is 12. The van der Waals surface area contributed by atoms with Crippen molar-refractivity contribution >= 4 is 92.1 Å². The first kappa shape index (κ1) is 74.9. The second kappa shape index (κ2) is 36.7. The van der Waals surface area contributed by atoms with Gasteiger partial charge in [0.1, 0.15) is 23.0 Å². The molecule has 0 radical (unpaired) electrons. The summed E-state index contributed by atoms with van der Waals surface area (Å²) in [6, 6.07) is 100. The fourth-order valence-corrected chi connectivity index (χ4v) is 10.5. The van der Waals surface area contributed by atoms with Gasteiger partial charge in [-0.2, -0.15) is 0 Å². The molecule has 520 valence electrons. The first-order chi connectivity index (χ1) is 50.2. The summed E-state index contributed by atoms with van der Waals surface area (Å²) in [5.74, 6) is 0.193. The summed E-state index contributed by atoms with van der Waals surface area (Å²) < 4.78 is 21.0. The van der Waals surface area contributed by atoms with Crippen LogP contribution in [0.2, 0.25) is 0 Å². The molecule has 0 unspecified atom stereocenters. The second-order valence-electron chi connectivity index (χ2n) is 24.6. The van der Waals surface area contributed by atoms with E-state index in [2.05, 4.69) is 245 Å². The summed E-state index contributed by atoms with van der Waals surface area (Å²) >= 11 is 0. The van der Waals surface area contributed by atoms with Crippen LogP contribution in [0.15, 0.2) is 353 Å². The Morgan fingerprint density at radius 2 is 0.452 bits per heavy atom. The van der Waals surface area contributed by atoms with Gasteiger partial charge in [0, 0.05) is 97.6 Å². The molecule has 12 aromatic rings. The molecule has 0 heterocycles. The Hall–Kier alpha value is -13.3. The molecule has 0 aromatic heterocycles. The van der Waals surface area contributed by atoms with Gasteiger partial charge in [0.05, 0.1) is 0 Å². The van der Waals surface area contributed by atoms with Crippen molar-refractivity contribution < 1.29 is 38.1 Å². The van der Waals surface area contributed by atoms with E-state index >= 15 is 0 Å².